The molecule has 1 aromatic heterocycles. The van der Waals surface area contributed by atoms with Gasteiger partial charge in [-0.15, -0.1) is 11.3 Å². The van der Waals surface area contributed by atoms with Gasteiger partial charge in [0.05, 0.1) is 5.56 Å². The highest BCUT2D eigenvalue weighted by atomic mass is 32.1. The van der Waals surface area contributed by atoms with Crippen LogP contribution >= 0.6 is 11.3 Å². The van der Waals surface area contributed by atoms with Gasteiger partial charge < -0.3 is 10.6 Å². The van der Waals surface area contributed by atoms with Crippen molar-refractivity contribution in [2.24, 2.45) is 0 Å². The summed E-state index contributed by atoms with van der Waals surface area (Å²) in [5.74, 6) is -0.893. The van der Waals surface area contributed by atoms with Gasteiger partial charge >= 0.3 is 6.03 Å². The number of hydrogen-bond donors (Lipinski definition) is 2. The highest BCUT2D eigenvalue weighted by molar-refractivity contribution is 7.16. The maximum Gasteiger partial charge on any atom is 0.325 e. The zero-order valence-electron chi connectivity index (χ0n) is 17.3. The van der Waals surface area contributed by atoms with E-state index in [0.717, 1.165) is 53.0 Å². The molecule has 0 radical (unpaired) electrons. The Labute approximate surface area is 185 Å². The van der Waals surface area contributed by atoms with E-state index >= 15 is 0 Å². The molecule has 0 spiro atoms. The van der Waals surface area contributed by atoms with Gasteiger partial charge in [-0.25, -0.2) is 4.79 Å². The van der Waals surface area contributed by atoms with Gasteiger partial charge in [-0.3, -0.25) is 14.5 Å². The highest BCUT2D eigenvalue weighted by Gasteiger charge is 2.43. The average molecular weight is 437 g/mol. The Morgan fingerprint density at radius 2 is 2.00 bits per heavy atom. The third-order valence-electron chi connectivity index (χ3n) is 5.87. The van der Waals surface area contributed by atoms with E-state index in [1.807, 2.05) is 30.3 Å². The van der Waals surface area contributed by atoms with Gasteiger partial charge in [0.15, 0.2) is 0 Å². The lowest BCUT2D eigenvalue weighted by Crippen LogP contribution is -2.46. The monoisotopic (exact) mass is 436 g/mol. The molecular weight excluding hydrogens is 412 g/mol. The van der Waals surface area contributed by atoms with Crippen LogP contribution in [0.5, 0.6) is 0 Å². The molecule has 2 aliphatic rings. The lowest BCUT2D eigenvalue weighted by atomic mass is 10.1. The number of thiophene rings is 1. The number of urea groups is 1. The summed E-state index contributed by atoms with van der Waals surface area (Å²) in [5, 5.41) is 15.7. The van der Waals surface area contributed by atoms with E-state index in [-0.39, 0.29) is 0 Å². The largest absolute Gasteiger partial charge is 0.325 e. The topological polar surface area (TPSA) is 102 Å². The third-order valence-corrected chi connectivity index (χ3v) is 7.08. The van der Waals surface area contributed by atoms with Gasteiger partial charge in [0.25, 0.3) is 5.91 Å². The number of benzene rings is 1. The Balaban J connectivity index is 1.48. The predicted octanol–water partition coefficient (Wildman–Crippen LogP) is 3.38. The molecule has 1 aliphatic heterocycles. The molecule has 160 valence electrons. The first-order valence-electron chi connectivity index (χ1n) is 10.5. The van der Waals surface area contributed by atoms with Crippen LogP contribution in [0.3, 0.4) is 0 Å². The lowest BCUT2D eigenvalue weighted by molar-refractivity contribution is -0.133. The number of nitriles is 1. The minimum Gasteiger partial charge on any atom is -0.325 e. The SMILES string of the molecule is C[C@H](C(=O)Nc1sc2c(c1C#N)CCCCC2)N1C(=O)N[C@H](Cc2ccccc2)C1=O. The number of fused-ring (bicyclic) bond motifs is 1. The molecule has 1 fully saturated rings. The molecule has 0 unspecified atom stereocenters. The Morgan fingerprint density at radius 1 is 1.26 bits per heavy atom. The van der Waals surface area contributed by atoms with E-state index in [0.29, 0.717) is 17.0 Å². The first-order chi connectivity index (χ1) is 15.0. The number of imide groups is 1. The van der Waals surface area contributed by atoms with Crippen LogP contribution in [0, 0.1) is 11.3 Å². The molecule has 7 nitrogen and oxygen atoms in total. The van der Waals surface area contributed by atoms with Crippen LogP contribution in [0.4, 0.5) is 9.80 Å². The molecule has 31 heavy (non-hydrogen) atoms. The van der Waals surface area contributed by atoms with Gasteiger partial charge in [0.2, 0.25) is 5.91 Å². The number of aryl methyl sites for hydroxylation is 1. The maximum atomic E-state index is 12.9. The minimum atomic E-state index is -0.985. The lowest BCUT2D eigenvalue weighted by Gasteiger charge is -2.20. The normalized spacial score (nSPS) is 19.2. The molecule has 1 saturated heterocycles. The molecule has 4 amide bonds. The smallest absolute Gasteiger partial charge is 0.325 e. The van der Waals surface area contributed by atoms with Crippen LogP contribution in [0.15, 0.2) is 30.3 Å². The summed E-state index contributed by atoms with van der Waals surface area (Å²) in [4.78, 5) is 40.4. The molecule has 8 heteroatoms. The van der Waals surface area contributed by atoms with Crippen molar-refractivity contribution in [1.29, 1.82) is 5.26 Å². The van der Waals surface area contributed by atoms with Gasteiger partial charge in [-0.05, 0) is 43.7 Å². The molecule has 0 saturated carbocycles. The maximum absolute atomic E-state index is 12.9. The third kappa shape index (κ3) is 4.19. The number of carbonyl (C=O) groups excluding carboxylic acids is 3. The van der Waals surface area contributed by atoms with E-state index in [4.69, 9.17) is 0 Å². The fourth-order valence-electron chi connectivity index (χ4n) is 4.19. The summed E-state index contributed by atoms with van der Waals surface area (Å²) in [6, 6.07) is 9.40. The molecule has 2 N–H and O–H groups in total. The predicted molar refractivity (Wildman–Crippen MR) is 118 cm³/mol. The van der Waals surface area contributed by atoms with Crippen molar-refractivity contribution in [1.82, 2.24) is 10.2 Å². The van der Waals surface area contributed by atoms with Crippen LogP contribution in [-0.2, 0) is 28.9 Å². The summed E-state index contributed by atoms with van der Waals surface area (Å²) < 4.78 is 0. The van der Waals surface area contributed by atoms with Gasteiger partial charge in [-0.1, -0.05) is 36.8 Å². The summed E-state index contributed by atoms with van der Waals surface area (Å²) in [6.07, 6.45) is 5.37. The van der Waals surface area contributed by atoms with Gasteiger partial charge in [0, 0.05) is 11.3 Å². The number of anilines is 1. The second kappa shape index (κ2) is 8.90. The minimum absolute atomic E-state index is 0.368. The van der Waals surface area contributed by atoms with Gasteiger partial charge in [0.1, 0.15) is 23.2 Å². The Kier molecular flexibility index (Phi) is 6.05. The molecular formula is C23H24N4O3S. The second-order valence-electron chi connectivity index (χ2n) is 7.95. The summed E-state index contributed by atoms with van der Waals surface area (Å²) in [7, 11) is 0. The molecule has 2 heterocycles. The van der Waals surface area contributed by atoms with E-state index in [2.05, 4.69) is 16.7 Å². The van der Waals surface area contributed by atoms with Crippen molar-refractivity contribution in [3.8, 4) is 6.07 Å². The van der Waals surface area contributed by atoms with Crippen LogP contribution in [-0.4, -0.2) is 34.8 Å². The van der Waals surface area contributed by atoms with Crippen LogP contribution in [0.2, 0.25) is 0 Å². The van der Waals surface area contributed by atoms with Crippen molar-refractivity contribution in [3.05, 3.63) is 51.9 Å². The fraction of sp³-hybridized carbons (Fsp3) is 0.391. The van der Waals surface area contributed by atoms with Crippen molar-refractivity contribution < 1.29 is 14.4 Å². The average Bonchev–Trinajstić information content (AvgIpc) is 3.11. The highest BCUT2D eigenvalue weighted by Crippen LogP contribution is 2.37. The number of nitrogens with zero attached hydrogens (tertiary/aromatic N) is 2. The number of amides is 4. The van der Waals surface area contributed by atoms with Crippen LogP contribution in [0.25, 0.3) is 0 Å². The Hall–Kier alpha value is -3.18. The van der Waals surface area contributed by atoms with Crippen molar-refractivity contribution >= 4 is 34.2 Å². The molecule has 2 atom stereocenters. The molecule has 1 aliphatic carbocycles. The van der Waals surface area contributed by atoms with Crippen molar-refractivity contribution in [2.75, 3.05) is 5.32 Å². The first-order valence-corrected chi connectivity index (χ1v) is 11.3. The number of hydrogen-bond acceptors (Lipinski definition) is 5. The Morgan fingerprint density at radius 3 is 2.74 bits per heavy atom. The number of nitrogens with one attached hydrogen (secondary N) is 2. The van der Waals surface area contributed by atoms with Crippen LogP contribution < -0.4 is 10.6 Å². The van der Waals surface area contributed by atoms with Crippen molar-refractivity contribution in [2.45, 2.75) is 57.5 Å². The number of rotatable bonds is 5. The van der Waals surface area contributed by atoms with E-state index in [1.54, 1.807) is 0 Å². The van der Waals surface area contributed by atoms with E-state index in [9.17, 15) is 19.6 Å². The first kappa shape index (κ1) is 21.1. The van der Waals surface area contributed by atoms with Gasteiger partial charge in [-0.2, -0.15) is 5.26 Å². The quantitative estimate of drug-likeness (QED) is 0.554. The van der Waals surface area contributed by atoms with E-state index < -0.39 is 29.9 Å². The second-order valence-corrected chi connectivity index (χ2v) is 9.05. The summed E-state index contributed by atoms with van der Waals surface area (Å²) >= 11 is 1.43. The molecule has 4 rings (SSSR count). The van der Waals surface area contributed by atoms with E-state index in [1.165, 1.54) is 18.3 Å². The Bertz CT molecular complexity index is 1060. The fourth-order valence-corrected chi connectivity index (χ4v) is 5.43. The molecule has 1 aromatic carbocycles. The zero-order chi connectivity index (χ0) is 22.0. The standard InChI is InChI=1S/C23H24N4O3S/c1-14(27-22(29)18(25-23(27)30)12-15-8-4-2-5-9-15)20(28)26-21-17(13-24)16-10-6-3-7-11-19(16)31-21/h2,4-5,8-9,14,18H,3,6-7,10-12H2,1H3,(H,25,30)(H,26,28)/t14-,18-/m1/s1. The summed E-state index contributed by atoms with van der Waals surface area (Å²) in [5.41, 5.74) is 2.48. The molecule has 2 aromatic rings. The number of carbonyl (C=O) groups is 3. The molecule has 0 bridgehead atoms. The van der Waals surface area contributed by atoms with Crippen molar-refractivity contribution in [3.63, 3.8) is 0 Å². The zero-order valence-corrected chi connectivity index (χ0v) is 18.1. The summed E-state index contributed by atoms with van der Waals surface area (Å²) in [6.45, 7) is 1.53. The van der Waals surface area contributed by atoms with Crippen LogP contribution in [0.1, 0.15) is 47.8 Å².